The second-order valence-electron chi connectivity index (χ2n) is 7.93. The number of hydrogen-bond donors (Lipinski definition) is 1. The summed E-state index contributed by atoms with van der Waals surface area (Å²) >= 11 is 0. The number of nitrogens with zero attached hydrogens (tertiary/aromatic N) is 2. The molecule has 1 heterocycles. The number of sulfonamides is 1. The fourth-order valence-electron chi connectivity index (χ4n) is 4.11. The number of piperazine rings is 1. The van der Waals surface area contributed by atoms with Crippen molar-refractivity contribution in [1.82, 2.24) is 14.5 Å². The van der Waals surface area contributed by atoms with Crippen LogP contribution in [0.15, 0.2) is 35.2 Å². The molecule has 0 unspecified atom stereocenters. The van der Waals surface area contributed by atoms with Crippen molar-refractivity contribution in [2.75, 3.05) is 32.7 Å². The molecule has 0 bridgehead atoms. The lowest BCUT2D eigenvalue weighted by Crippen LogP contribution is -2.52. The first-order valence-electron chi connectivity index (χ1n) is 9.95. The van der Waals surface area contributed by atoms with Crippen LogP contribution in [0.1, 0.15) is 33.1 Å². The summed E-state index contributed by atoms with van der Waals surface area (Å²) < 4.78 is 26.9. The van der Waals surface area contributed by atoms with Crippen molar-refractivity contribution in [3.63, 3.8) is 0 Å². The van der Waals surface area contributed by atoms with E-state index in [1.807, 2.05) is 11.0 Å². The second kappa shape index (κ2) is 8.71. The van der Waals surface area contributed by atoms with Crippen LogP contribution in [0.25, 0.3) is 0 Å². The smallest absolute Gasteiger partial charge is 0.243 e. The van der Waals surface area contributed by atoms with Crippen molar-refractivity contribution in [3.8, 4) is 0 Å². The lowest BCUT2D eigenvalue weighted by Gasteiger charge is -2.36. The van der Waals surface area contributed by atoms with Gasteiger partial charge in [0.1, 0.15) is 0 Å². The number of nitrogens with one attached hydrogen (secondary N) is 1. The molecular weight excluding hydrogens is 362 g/mol. The molecule has 3 rings (SSSR count). The summed E-state index contributed by atoms with van der Waals surface area (Å²) in [5.74, 6) is 1.21. The van der Waals surface area contributed by atoms with Crippen LogP contribution in [0.2, 0.25) is 0 Å². The fourth-order valence-corrected chi connectivity index (χ4v) is 5.55. The largest absolute Gasteiger partial charge is 0.352 e. The van der Waals surface area contributed by atoms with Gasteiger partial charge in [-0.25, -0.2) is 8.42 Å². The molecule has 0 spiro atoms. The van der Waals surface area contributed by atoms with E-state index in [1.165, 1.54) is 17.1 Å². The highest BCUT2D eigenvalue weighted by Crippen LogP contribution is 2.29. The Bertz CT molecular complexity index is 730. The Balaban J connectivity index is 1.49. The third-order valence-electron chi connectivity index (χ3n) is 6.13. The van der Waals surface area contributed by atoms with Crippen molar-refractivity contribution in [2.45, 2.75) is 44.0 Å². The minimum Gasteiger partial charge on any atom is -0.352 e. The van der Waals surface area contributed by atoms with Crippen LogP contribution in [-0.2, 0) is 14.8 Å². The molecule has 1 aliphatic heterocycles. The number of amides is 1. The van der Waals surface area contributed by atoms with Gasteiger partial charge in [-0.1, -0.05) is 44.9 Å². The Kier molecular flexibility index (Phi) is 6.55. The molecule has 1 aromatic rings. The quantitative estimate of drug-likeness (QED) is 0.830. The molecule has 7 heteroatoms. The summed E-state index contributed by atoms with van der Waals surface area (Å²) in [5, 5.41) is 3.20. The fraction of sp³-hybridized carbons (Fsp3) is 0.650. The molecular formula is C20H31N3O3S. The van der Waals surface area contributed by atoms with Gasteiger partial charge in [-0.05, 0) is 30.4 Å². The van der Waals surface area contributed by atoms with E-state index < -0.39 is 10.0 Å². The summed E-state index contributed by atoms with van der Waals surface area (Å²) in [5.41, 5.74) is 0. The van der Waals surface area contributed by atoms with Gasteiger partial charge in [0.2, 0.25) is 15.9 Å². The van der Waals surface area contributed by atoms with Gasteiger partial charge in [-0.3, -0.25) is 9.69 Å². The topological polar surface area (TPSA) is 69.7 Å². The second-order valence-corrected chi connectivity index (χ2v) is 9.87. The molecule has 1 N–H and O–H groups in total. The van der Waals surface area contributed by atoms with Crippen molar-refractivity contribution >= 4 is 15.9 Å². The standard InChI is InChI=1S/C20H31N3O3S/c1-16-7-6-10-19(17(16)2)21-20(24)15-22-11-13-23(14-12-22)27(25,26)18-8-4-3-5-9-18/h3-5,8-9,16-17,19H,6-7,10-15H2,1-2H3,(H,21,24)/t16-,17-,19+/m1/s1. The van der Waals surface area contributed by atoms with Gasteiger partial charge in [0.25, 0.3) is 0 Å². The summed E-state index contributed by atoms with van der Waals surface area (Å²) in [7, 11) is -3.44. The Morgan fingerprint density at radius 1 is 1.07 bits per heavy atom. The molecule has 3 atom stereocenters. The van der Waals surface area contributed by atoms with Crippen LogP contribution in [-0.4, -0.2) is 62.3 Å². The molecule has 2 fully saturated rings. The van der Waals surface area contributed by atoms with Gasteiger partial charge >= 0.3 is 0 Å². The normalized spacial score (nSPS) is 28.0. The molecule has 0 radical (unpaired) electrons. The number of carbonyl (C=O) groups excluding carboxylic acids is 1. The maximum atomic E-state index is 12.7. The number of benzene rings is 1. The molecule has 150 valence electrons. The van der Waals surface area contributed by atoms with Crippen LogP contribution in [0.5, 0.6) is 0 Å². The Morgan fingerprint density at radius 3 is 2.41 bits per heavy atom. The van der Waals surface area contributed by atoms with Crippen LogP contribution >= 0.6 is 0 Å². The zero-order chi connectivity index (χ0) is 19.4. The Morgan fingerprint density at radius 2 is 1.74 bits per heavy atom. The molecule has 27 heavy (non-hydrogen) atoms. The first-order valence-corrected chi connectivity index (χ1v) is 11.4. The lowest BCUT2D eigenvalue weighted by atomic mass is 9.78. The Labute approximate surface area is 163 Å². The van der Waals surface area contributed by atoms with Crippen LogP contribution in [0.4, 0.5) is 0 Å². The summed E-state index contributed by atoms with van der Waals surface area (Å²) in [6.07, 6.45) is 3.47. The average molecular weight is 394 g/mol. The van der Waals surface area contributed by atoms with Crippen LogP contribution < -0.4 is 5.32 Å². The molecule has 1 amide bonds. The van der Waals surface area contributed by atoms with Crippen molar-refractivity contribution < 1.29 is 13.2 Å². The first kappa shape index (κ1) is 20.3. The highest BCUT2D eigenvalue weighted by atomic mass is 32.2. The molecule has 1 saturated carbocycles. The van der Waals surface area contributed by atoms with E-state index in [1.54, 1.807) is 24.3 Å². The Hall–Kier alpha value is -1.44. The van der Waals surface area contributed by atoms with E-state index in [-0.39, 0.29) is 11.9 Å². The molecule has 1 aromatic carbocycles. The molecule has 2 aliphatic rings. The van der Waals surface area contributed by atoms with E-state index in [4.69, 9.17) is 0 Å². The molecule has 1 aliphatic carbocycles. The SMILES string of the molecule is C[C@@H]1[C@H](C)CCC[C@@H]1NC(=O)CN1CCN(S(=O)(=O)c2ccccc2)CC1. The van der Waals surface area contributed by atoms with E-state index in [2.05, 4.69) is 19.2 Å². The maximum Gasteiger partial charge on any atom is 0.243 e. The van der Waals surface area contributed by atoms with Crippen molar-refractivity contribution in [1.29, 1.82) is 0 Å². The van der Waals surface area contributed by atoms with Crippen molar-refractivity contribution in [2.24, 2.45) is 11.8 Å². The first-order chi connectivity index (χ1) is 12.9. The predicted molar refractivity (Wildman–Crippen MR) is 106 cm³/mol. The van der Waals surface area contributed by atoms with E-state index in [0.717, 1.165) is 6.42 Å². The van der Waals surface area contributed by atoms with Gasteiger partial charge < -0.3 is 5.32 Å². The van der Waals surface area contributed by atoms with Gasteiger partial charge in [0.15, 0.2) is 0 Å². The molecule has 1 saturated heterocycles. The van der Waals surface area contributed by atoms with Crippen molar-refractivity contribution in [3.05, 3.63) is 30.3 Å². The van der Waals surface area contributed by atoms with E-state index in [9.17, 15) is 13.2 Å². The van der Waals surface area contributed by atoms with Gasteiger partial charge in [-0.2, -0.15) is 4.31 Å². The number of carbonyl (C=O) groups is 1. The number of hydrogen-bond acceptors (Lipinski definition) is 4. The zero-order valence-electron chi connectivity index (χ0n) is 16.3. The van der Waals surface area contributed by atoms with Crippen LogP contribution in [0, 0.1) is 11.8 Å². The summed E-state index contributed by atoms with van der Waals surface area (Å²) in [6, 6.07) is 8.80. The maximum absolute atomic E-state index is 12.7. The van der Waals surface area contributed by atoms with Gasteiger partial charge in [-0.15, -0.1) is 0 Å². The van der Waals surface area contributed by atoms with E-state index >= 15 is 0 Å². The molecule has 0 aromatic heterocycles. The minimum atomic E-state index is -3.44. The molecule has 6 nitrogen and oxygen atoms in total. The summed E-state index contributed by atoms with van der Waals surface area (Å²) in [4.78, 5) is 14.8. The minimum absolute atomic E-state index is 0.0558. The average Bonchev–Trinajstić information content (AvgIpc) is 2.66. The highest BCUT2D eigenvalue weighted by Gasteiger charge is 2.31. The van der Waals surface area contributed by atoms with Crippen LogP contribution in [0.3, 0.4) is 0 Å². The zero-order valence-corrected chi connectivity index (χ0v) is 17.1. The predicted octanol–water partition coefficient (Wildman–Crippen LogP) is 1.93. The summed E-state index contributed by atoms with van der Waals surface area (Å²) in [6.45, 7) is 6.82. The highest BCUT2D eigenvalue weighted by molar-refractivity contribution is 7.89. The lowest BCUT2D eigenvalue weighted by molar-refractivity contribution is -0.124. The van der Waals surface area contributed by atoms with E-state index in [0.29, 0.717) is 49.5 Å². The van der Waals surface area contributed by atoms with Gasteiger partial charge in [0.05, 0.1) is 11.4 Å². The number of rotatable bonds is 5. The third-order valence-corrected chi connectivity index (χ3v) is 8.05. The third kappa shape index (κ3) is 4.89. The monoisotopic (exact) mass is 393 g/mol. The van der Waals surface area contributed by atoms with Gasteiger partial charge in [0, 0.05) is 32.2 Å².